The van der Waals surface area contributed by atoms with Gasteiger partial charge in [0.1, 0.15) is 17.6 Å². The number of carbonyl (C=O) groups is 2. The average molecular weight is 402 g/mol. The predicted molar refractivity (Wildman–Crippen MR) is 104 cm³/mol. The Morgan fingerprint density at radius 3 is 2.69 bits per heavy atom. The van der Waals surface area contributed by atoms with Crippen LogP contribution in [0.1, 0.15) is 13.3 Å². The number of hydrogen-bond acceptors (Lipinski definition) is 7. The highest BCUT2D eigenvalue weighted by Crippen LogP contribution is 2.25. The van der Waals surface area contributed by atoms with Crippen LogP contribution >= 0.6 is 23.4 Å². The van der Waals surface area contributed by atoms with Crippen LogP contribution < -0.4 is 10.1 Å². The van der Waals surface area contributed by atoms with E-state index in [9.17, 15) is 9.59 Å². The van der Waals surface area contributed by atoms with Crippen LogP contribution in [0.5, 0.6) is 5.75 Å². The number of nitrogens with one attached hydrogen (secondary N) is 1. The third-order valence-electron chi connectivity index (χ3n) is 3.26. The van der Waals surface area contributed by atoms with Crippen molar-refractivity contribution in [3.8, 4) is 5.75 Å². The third kappa shape index (κ3) is 8.12. The van der Waals surface area contributed by atoms with Crippen molar-refractivity contribution in [1.82, 2.24) is 5.32 Å². The van der Waals surface area contributed by atoms with E-state index in [0.29, 0.717) is 17.2 Å². The molecule has 0 amide bonds. The largest absolute Gasteiger partial charge is 0.468 e. The van der Waals surface area contributed by atoms with Crippen molar-refractivity contribution >= 4 is 35.3 Å². The number of para-hydroxylation sites is 1. The van der Waals surface area contributed by atoms with Crippen LogP contribution in [-0.2, 0) is 19.1 Å². The number of esters is 2. The molecule has 1 N–H and O–H groups in total. The van der Waals surface area contributed by atoms with E-state index in [-0.39, 0.29) is 24.9 Å². The van der Waals surface area contributed by atoms with Crippen molar-refractivity contribution in [3.05, 3.63) is 41.1 Å². The zero-order valence-corrected chi connectivity index (χ0v) is 16.7. The molecule has 1 aromatic rings. The van der Waals surface area contributed by atoms with E-state index in [0.717, 1.165) is 5.75 Å². The van der Waals surface area contributed by atoms with Crippen LogP contribution in [-0.4, -0.2) is 50.3 Å². The Bertz CT molecular complexity index is 623. The first-order valence-corrected chi connectivity index (χ1v) is 9.88. The molecule has 1 rings (SSSR count). The van der Waals surface area contributed by atoms with E-state index < -0.39 is 12.0 Å². The summed E-state index contributed by atoms with van der Waals surface area (Å²) >= 11 is 7.73. The van der Waals surface area contributed by atoms with Gasteiger partial charge < -0.3 is 14.2 Å². The smallest absolute Gasteiger partial charge is 0.334 e. The van der Waals surface area contributed by atoms with Gasteiger partial charge in [-0.05, 0) is 37.5 Å². The molecule has 0 saturated heterocycles. The van der Waals surface area contributed by atoms with Crippen LogP contribution in [0.15, 0.2) is 36.1 Å². The number of ether oxygens (including phenoxy) is 3. The summed E-state index contributed by atoms with van der Waals surface area (Å²) in [6.07, 6.45) is 3.79. The molecule has 0 heterocycles. The number of hydrogen-bond donors (Lipinski definition) is 1. The van der Waals surface area contributed by atoms with Gasteiger partial charge in [-0.1, -0.05) is 23.7 Å². The highest BCUT2D eigenvalue weighted by atomic mass is 35.5. The number of thioether (sulfide) groups is 1. The van der Waals surface area contributed by atoms with Crippen LogP contribution in [0, 0.1) is 0 Å². The first-order valence-electron chi connectivity index (χ1n) is 8.11. The Balaban J connectivity index is 2.88. The molecular weight excluding hydrogens is 378 g/mol. The molecule has 8 heteroatoms. The minimum Gasteiger partial charge on any atom is -0.468 e. The van der Waals surface area contributed by atoms with Gasteiger partial charge in [-0.3, -0.25) is 10.1 Å². The Hall–Kier alpha value is -1.70. The summed E-state index contributed by atoms with van der Waals surface area (Å²) in [5.41, 5.74) is 0. The van der Waals surface area contributed by atoms with E-state index in [1.807, 2.05) is 6.26 Å². The molecule has 1 atom stereocenters. The Morgan fingerprint density at radius 2 is 2.08 bits per heavy atom. The predicted octanol–water partition coefficient (Wildman–Crippen LogP) is 3.05. The number of carbonyl (C=O) groups excluding carboxylic acids is 2. The minimum atomic E-state index is -0.532. The fourth-order valence-electron chi connectivity index (χ4n) is 2.01. The zero-order chi connectivity index (χ0) is 19.4. The molecule has 26 heavy (non-hydrogen) atoms. The quantitative estimate of drug-likeness (QED) is 0.347. The van der Waals surface area contributed by atoms with Crippen molar-refractivity contribution in [2.24, 2.45) is 0 Å². The lowest BCUT2D eigenvalue weighted by Gasteiger charge is -2.18. The molecule has 1 aromatic carbocycles. The highest BCUT2D eigenvalue weighted by Gasteiger charge is 2.19. The molecule has 0 saturated carbocycles. The Morgan fingerprint density at radius 1 is 1.35 bits per heavy atom. The molecule has 144 valence electrons. The lowest BCUT2D eigenvalue weighted by Crippen LogP contribution is -2.39. The maximum atomic E-state index is 11.9. The van der Waals surface area contributed by atoms with E-state index in [1.54, 1.807) is 43.0 Å². The topological polar surface area (TPSA) is 73.9 Å². The third-order valence-corrected chi connectivity index (χ3v) is 4.22. The fourth-order valence-corrected chi connectivity index (χ4v) is 2.65. The molecule has 0 unspecified atom stereocenters. The van der Waals surface area contributed by atoms with Gasteiger partial charge in [-0.25, -0.2) is 4.79 Å². The Labute approximate surface area is 163 Å². The van der Waals surface area contributed by atoms with Crippen LogP contribution in [0.2, 0.25) is 5.02 Å². The number of halogens is 1. The molecule has 0 aliphatic heterocycles. The van der Waals surface area contributed by atoms with Gasteiger partial charge in [0.05, 0.1) is 31.4 Å². The van der Waals surface area contributed by atoms with E-state index >= 15 is 0 Å². The minimum absolute atomic E-state index is 0.137. The first-order chi connectivity index (χ1) is 12.5. The summed E-state index contributed by atoms with van der Waals surface area (Å²) < 4.78 is 15.5. The number of rotatable bonds is 11. The average Bonchev–Trinajstić information content (AvgIpc) is 2.63. The normalized spacial score (nSPS) is 12.4. The second kappa shape index (κ2) is 12.6. The van der Waals surface area contributed by atoms with Crippen molar-refractivity contribution in [1.29, 1.82) is 0 Å². The maximum Gasteiger partial charge on any atom is 0.334 e. The SMILES string of the molecule is CCOC(=O)/C=C(/CN[C@@H](CCSC)C(=O)OC)Oc1ccccc1Cl. The summed E-state index contributed by atoms with van der Waals surface area (Å²) in [4.78, 5) is 23.7. The van der Waals surface area contributed by atoms with Crippen LogP contribution in [0.3, 0.4) is 0 Å². The summed E-state index contributed by atoms with van der Waals surface area (Å²) in [7, 11) is 1.34. The standard InChI is InChI=1S/C18H24ClNO5S/c1-4-24-17(21)11-13(25-16-8-6-5-7-14(16)19)12-20-15(9-10-26-3)18(22)23-2/h5-8,11,15,20H,4,9-10,12H2,1-3H3/b13-11-/t15-/m0/s1. The fraction of sp³-hybridized carbons (Fsp3) is 0.444. The van der Waals surface area contributed by atoms with Gasteiger partial charge >= 0.3 is 11.9 Å². The van der Waals surface area contributed by atoms with Crippen molar-refractivity contribution in [3.63, 3.8) is 0 Å². The molecule has 0 fully saturated rings. The van der Waals surface area contributed by atoms with Crippen molar-refractivity contribution in [2.75, 3.05) is 32.3 Å². The molecule has 0 spiro atoms. The summed E-state index contributed by atoms with van der Waals surface area (Å²) in [6.45, 7) is 2.10. The number of methoxy groups -OCH3 is 1. The van der Waals surface area contributed by atoms with Crippen LogP contribution in [0.25, 0.3) is 0 Å². The molecule has 6 nitrogen and oxygen atoms in total. The molecular formula is C18H24ClNO5S. The molecule has 0 aromatic heterocycles. The van der Waals surface area contributed by atoms with Gasteiger partial charge in [-0.2, -0.15) is 11.8 Å². The van der Waals surface area contributed by atoms with E-state index in [1.165, 1.54) is 13.2 Å². The van der Waals surface area contributed by atoms with Gasteiger partial charge in [0.15, 0.2) is 0 Å². The van der Waals surface area contributed by atoms with Crippen LogP contribution in [0.4, 0.5) is 0 Å². The van der Waals surface area contributed by atoms with E-state index in [2.05, 4.69) is 5.32 Å². The lowest BCUT2D eigenvalue weighted by molar-refractivity contribution is -0.143. The monoisotopic (exact) mass is 401 g/mol. The molecule has 0 aliphatic rings. The second-order valence-electron chi connectivity index (χ2n) is 5.13. The highest BCUT2D eigenvalue weighted by molar-refractivity contribution is 7.98. The summed E-state index contributed by atoms with van der Waals surface area (Å²) in [5, 5.41) is 3.47. The van der Waals surface area contributed by atoms with Gasteiger partial charge in [0.25, 0.3) is 0 Å². The Kier molecular flexibility index (Phi) is 10.8. The number of benzene rings is 1. The van der Waals surface area contributed by atoms with Gasteiger partial charge in [-0.15, -0.1) is 0 Å². The second-order valence-corrected chi connectivity index (χ2v) is 6.53. The zero-order valence-electron chi connectivity index (χ0n) is 15.1. The van der Waals surface area contributed by atoms with Crippen molar-refractivity contribution in [2.45, 2.75) is 19.4 Å². The van der Waals surface area contributed by atoms with E-state index in [4.69, 9.17) is 25.8 Å². The van der Waals surface area contributed by atoms with Gasteiger partial charge in [0, 0.05) is 0 Å². The molecule has 0 radical (unpaired) electrons. The van der Waals surface area contributed by atoms with Crippen molar-refractivity contribution < 1.29 is 23.8 Å². The summed E-state index contributed by atoms with van der Waals surface area (Å²) in [6, 6.07) is 6.41. The molecule has 0 aliphatic carbocycles. The van der Waals surface area contributed by atoms with Gasteiger partial charge in [0.2, 0.25) is 0 Å². The molecule has 0 bridgehead atoms. The first kappa shape index (κ1) is 22.3. The lowest BCUT2D eigenvalue weighted by atomic mass is 10.2. The maximum absolute atomic E-state index is 11.9. The summed E-state index contributed by atoms with van der Waals surface area (Å²) in [5.74, 6) is 0.580.